The number of aryl methyl sites for hydroxylation is 2. The fourth-order valence-electron chi connectivity index (χ4n) is 4.33. The zero-order valence-electron chi connectivity index (χ0n) is 15.7. The molecule has 1 radical (unpaired) electrons. The quantitative estimate of drug-likeness (QED) is 0.704. The van der Waals surface area contributed by atoms with Crippen LogP contribution in [0, 0.1) is 42.9 Å². The largest absolute Gasteiger partial charge is 0.192 e. The van der Waals surface area contributed by atoms with Crippen LogP contribution in [0.25, 0.3) is 0 Å². The van der Waals surface area contributed by atoms with E-state index in [4.69, 9.17) is 0 Å². The van der Waals surface area contributed by atoms with Gasteiger partial charge in [0.2, 0.25) is 0 Å². The highest BCUT2D eigenvalue weighted by atomic mass is 14.3. The number of rotatable bonds is 4. The summed E-state index contributed by atoms with van der Waals surface area (Å²) >= 11 is 0. The molecule has 0 spiro atoms. The second-order valence-corrected chi connectivity index (χ2v) is 8.46. The third kappa shape index (κ3) is 4.20. The van der Waals surface area contributed by atoms with Gasteiger partial charge < -0.3 is 0 Å². The highest BCUT2D eigenvalue weighted by Gasteiger charge is 2.34. The maximum Gasteiger partial charge on any atom is 0.158 e. The van der Waals surface area contributed by atoms with E-state index in [1.54, 1.807) is 0 Å². The normalized spacial score (nSPS) is 22.0. The minimum Gasteiger partial charge on any atom is -0.192 e. The highest BCUT2D eigenvalue weighted by molar-refractivity contribution is 6.56. The Balaban J connectivity index is 2.09. The van der Waals surface area contributed by atoms with Crippen LogP contribution in [-0.4, -0.2) is 7.28 Å². The fourth-order valence-corrected chi connectivity index (χ4v) is 4.33. The van der Waals surface area contributed by atoms with Crippen LogP contribution in [0.5, 0.6) is 0 Å². The monoisotopic (exact) mass is 308 g/mol. The minimum absolute atomic E-state index is 0.217. The summed E-state index contributed by atoms with van der Waals surface area (Å²) in [6.45, 7) is 13.6. The molecule has 1 nitrogen and oxygen atoms in total. The number of benzene rings is 1. The number of hydrogen-bond acceptors (Lipinski definition) is 1. The first-order chi connectivity index (χ1) is 10.7. The Morgan fingerprint density at radius 2 is 1.61 bits per heavy atom. The van der Waals surface area contributed by atoms with Crippen molar-refractivity contribution in [2.75, 3.05) is 0 Å². The fraction of sp³-hybridized carbons (Fsp3) is 0.667. The van der Waals surface area contributed by atoms with Gasteiger partial charge in [0.1, 0.15) is 0 Å². The SMILES string of the molecule is Cc1cc([B]C(C)(C)C2CCC(C(C)C)CC2)cc(C)c1C#N. The number of nitriles is 1. The summed E-state index contributed by atoms with van der Waals surface area (Å²) < 4.78 is 0. The van der Waals surface area contributed by atoms with Gasteiger partial charge in [-0.1, -0.05) is 63.4 Å². The van der Waals surface area contributed by atoms with E-state index in [9.17, 15) is 5.26 Å². The maximum absolute atomic E-state index is 9.24. The molecule has 23 heavy (non-hydrogen) atoms. The topological polar surface area (TPSA) is 23.8 Å². The molecule has 0 amide bonds. The van der Waals surface area contributed by atoms with Crippen LogP contribution in [0.3, 0.4) is 0 Å². The van der Waals surface area contributed by atoms with Crippen molar-refractivity contribution in [1.82, 2.24) is 0 Å². The van der Waals surface area contributed by atoms with Crippen LogP contribution in [0.2, 0.25) is 5.31 Å². The first-order valence-electron chi connectivity index (χ1n) is 9.12. The van der Waals surface area contributed by atoms with E-state index in [0.717, 1.165) is 34.4 Å². The summed E-state index contributed by atoms with van der Waals surface area (Å²) in [4.78, 5) is 0. The molecule has 1 saturated carbocycles. The molecular formula is C21H31BN. The van der Waals surface area contributed by atoms with Gasteiger partial charge in [0, 0.05) is 0 Å². The van der Waals surface area contributed by atoms with Crippen molar-refractivity contribution in [3.8, 4) is 6.07 Å². The summed E-state index contributed by atoms with van der Waals surface area (Å²) in [5.74, 6) is 2.52. The summed E-state index contributed by atoms with van der Waals surface area (Å²) in [7, 11) is 2.44. The molecule has 0 saturated heterocycles. The summed E-state index contributed by atoms with van der Waals surface area (Å²) in [5, 5.41) is 9.45. The maximum atomic E-state index is 9.24. The lowest BCUT2D eigenvalue weighted by Crippen LogP contribution is -2.34. The third-order valence-corrected chi connectivity index (χ3v) is 5.97. The first-order valence-corrected chi connectivity index (χ1v) is 9.12. The molecule has 0 aliphatic heterocycles. The molecule has 0 heterocycles. The van der Waals surface area contributed by atoms with Crippen LogP contribution in [-0.2, 0) is 0 Å². The average molecular weight is 308 g/mol. The molecule has 2 rings (SSSR count). The molecule has 1 aromatic rings. The van der Waals surface area contributed by atoms with Crippen LogP contribution in [0.4, 0.5) is 0 Å². The molecule has 0 unspecified atom stereocenters. The Hall–Kier alpha value is -1.23. The van der Waals surface area contributed by atoms with Crippen molar-refractivity contribution < 1.29 is 0 Å². The van der Waals surface area contributed by atoms with E-state index in [1.165, 1.54) is 31.1 Å². The molecule has 0 bridgehead atoms. The minimum atomic E-state index is 0.217. The zero-order chi connectivity index (χ0) is 17.2. The van der Waals surface area contributed by atoms with Crippen molar-refractivity contribution in [1.29, 1.82) is 5.26 Å². The molecule has 1 fully saturated rings. The lowest BCUT2D eigenvalue weighted by Gasteiger charge is -2.40. The molecule has 1 aromatic carbocycles. The van der Waals surface area contributed by atoms with Crippen molar-refractivity contribution in [3.05, 3.63) is 28.8 Å². The lowest BCUT2D eigenvalue weighted by molar-refractivity contribution is 0.195. The number of nitrogens with zero attached hydrogens (tertiary/aromatic N) is 1. The summed E-state index contributed by atoms with van der Waals surface area (Å²) in [5.41, 5.74) is 4.29. The van der Waals surface area contributed by atoms with Gasteiger partial charge in [-0.3, -0.25) is 0 Å². The van der Waals surface area contributed by atoms with Gasteiger partial charge in [0.15, 0.2) is 7.28 Å². The van der Waals surface area contributed by atoms with E-state index >= 15 is 0 Å². The smallest absolute Gasteiger partial charge is 0.158 e. The van der Waals surface area contributed by atoms with Gasteiger partial charge in [-0.15, -0.1) is 0 Å². The van der Waals surface area contributed by atoms with Gasteiger partial charge in [0.25, 0.3) is 0 Å². The van der Waals surface area contributed by atoms with Crippen LogP contribution in [0.15, 0.2) is 12.1 Å². The molecule has 1 aliphatic rings. The van der Waals surface area contributed by atoms with Crippen molar-refractivity contribution in [2.24, 2.45) is 17.8 Å². The third-order valence-electron chi connectivity index (χ3n) is 5.97. The molecule has 0 atom stereocenters. The number of hydrogen-bond donors (Lipinski definition) is 0. The molecule has 2 heteroatoms. The predicted octanol–water partition coefficient (Wildman–Crippen LogP) is 5.17. The van der Waals surface area contributed by atoms with Gasteiger partial charge in [-0.2, -0.15) is 5.26 Å². The van der Waals surface area contributed by atoms with Gasteiger partial charge in [-0.25, -0.2) is 0 Å². The molecule has 123 valence electrons. The van der Waals surface area contributed by atoms with E-state index in [0.29, 0.717) is 0 Å². The van der Waals surface area contributed by atoms with E-state index < -0.39 is 0 Å². The van der Waals surface area contributed by atoms with E-state index in [-0.39, 0.29) is 5.31 Å². The Labute approximate surface area is 143 Å². The van der Waals surface area contributed by atoms with Crippen LogP contribution in [0.1, 0.15) is 70.1 Å². The lowest BCUT2D eigenvalue weighted by atomic mass is 9.44. The van der Waals surface area contributed by atoms with Crippen LogP contribution >= 0.6 is 0 Å². The second kappa shape index (κ2) is 7.12. The second-order valence-electron chi connectivity index (χ2n) is 8.46. The molecular weight excluding hydrogens is 277 g/mol. The van der Waals surface area contributed by atoms with Gasteiger partial charge >= 0.3 is 0 Å². The standard InChI is InChI=1S/C21H31BN/c1-14(2)17-7-9-18(10-8-17)21(5,6)22-19-11-15(3)20(13-23)16(4)12-19/h11-12,14,17-18H,7-10H2,1-6H3. The van der Waals surface area contributed by atoms with Crippen molar-refractivity contribution in [2.45, 2.75) is 72.5 Å². The average Bonchev–Trinajstić information content (AvgIpc) is 2.46. The molecule has 1 aliphatic carbocycles. The summed E-state index contributed by atoms with van der Waals surface area (Å²) in [6, 6.07) is 6.67. The van der Waals surface area contributed by atoms with Gasteiger partial charge in [-0.05, 0) is 55.6 Å². The molecule has 0 N–H and O–H groups in total. The van der Waals surface area contributed by atoms with Crippen molar-refractivity contribution >= 4 is 12.7 Å². The Morgan fingerprint density at radius 1 is 1.09 bits per heavy atom. The Bertz CT molecular complexity index is 563. The van der Waals surface area contributed by atoms with E-state index in [2.05, 4.69) is 53.2 Å². The first kappa shape index (κ1) is 18.1. The highest BCUT2D eigenvalue weighted by Crippen LogP contribution is 2.45. The Morgan fingerprint density at radius 3 is 2.04 bits per heavy atom. The summed E-state index contributed by atoms with van der Waals surface area (Å²) in [6.07, 6.45) is 5.46. The van der Waals surface area contributed by atoms with Crippen LogP contribution < -0.4 is 5.46 Å². The van der Waals surface area contributed by atoms with E-state index in [1.807, 2.05) is 13.8 Å². The van der Waals surface area contributed by atoms with Gasteiger partial charge in [0.05, 0.1) is 11.6 Å². The Kier molecular flexibility index (Phi) is 5.61. The predicted molar refractivity (Wildman–Crippen MR) is 100 cm³/mol. The van der Waals surface area contributed by atoms with Crippen molar-refractivity contribution in [3.63, 3.8) is 0 Å². The zero-order valence-corrected chi connectivity index (χ0v) is 15.7. The molecule has 0 aromatic heterocycles.